The van der Waals surface area contributed by atoms with E-state index >= 15 is 0 Å². The van der Waals surface area contributed by atoms with Crippen molar-refractivity contribution in [1.29, 1.82) is 0 Å². The number of ether oxygens (including phenoxy) is 1. The Hall–Kier alpha value is -2.24. The average Bonchev–Trinajstić information content (AvgIpc) is 2.65. The zero-order valence-corrected chi connectivity index (χ0v) is 17.6. The number of halogens is 2. The minimum Gasteiger partial charge on any atom is -0.484 e. The van der Waals surface area contributed by atoms with Crippen LogP contribution in [0.3, 0.4) is 0 Å². The van der Waals surface area contributed by atoms with Crippen molar-refractivity contribution in [2.75, 3.05) is 6.61 Å². The molecule has 0 fully saturated rings. The molecule has 0 aromatic heterocycles. The van der Waals surface area contributed by atoms with Crippen LogP contribution in [0.5, 0.6) is 5.75 Å². The molecule has 0 aliphatic heterocycles. The summed E-state index contributed by atoms with van der Waals surface area (Å²) < 4.78 is 5.57. The molecule has 0 heterocycles. The Kier molecular flexibility index (Phi) is 8.15. The molecule has 2 amide bonds. The van der Waals surface area contributed by atoms with Crippen molar-refractivity contribution in [1.82, 2.24) is 10.2 Å². The molecule has 1 atom stereocenters. The summed E-state index contributed by atoms with van der Waals surface area (Å²) in [5, 5.41) is 3.70. The third kappa shape index (κ3) is 6.14. The lowest BCUT2D eigenvalue weighted by atomic mass is 10.1. The second kappa shape index (κ2) is 10.3. The molecule has 28 heavy (non-hydrogen) atoms. The SMILES string of the molecule is CC(C)NC(=O)[C@@H](C)N(Cc1c(Cl)cccc1Cl)C(=O)COc1ccccc1. The van der Waals surface area contributed by atoms with E-state index in [1.807, 2.05) is 32.0 Å². The van der Waals surface area contributed by atoms with Crippen LogP contribution in [0, 0.1) is 0 Å². The van der Waals surface area contributed by atoms with E-state index in [1.165, 1.54) is 4.90 Å². The fourth-order valence-corrected chi connectivity index (χ4v) is 3.10. The lowest BCUT2D eigenvalue weighted by molar-refractivity contribution is -0.142. The molecule has 2 aromatic rings. The maximum atomic E-state index is 12.9. The zero-order chi connectivity index (χ0) is 20.7. The van der Waals surface area contributed by atoms with Crippen molar-refractivity contribution in [3.63, 3.8) is 0 Å². The molecule has 0 aliphatic rings. The van der Waals surface area contributed by atoms with E-state index in [1.54, 1.807) is 37.3 Å². The van der Waals surface area contributed by atoms with Crippen LogP contribution < -0.4 is 10.1 Å². The van der Waals surface area contributed by atoms with E-state index in [0.717, 1.165) is 0 Å². The van der Waals surface area contributed by atoms with Gasteiger partial charge in [-0.2, -0.15) is 0 Å². The molecule has 7 heteroatoms. The van der Waals surface area contributed by atoms with Gasteiger partial charge in [-0.3, -0.25) is 9.59 Å². The van der Waals surface area contributed by atoms with Crippen molar-refractivity contribution in [2.24, 2.45) is 0 Å². The number of rotatable bonds is 8. The molecule has 0 saturated carbocycles. The molecule has 0 unspecified atom stereocenters. The third-order valence-corrected chi connectivity index (χ3v) is 4.80. The largest absolute Gasteiger partial charge is 0.484 e. The summed E-state index contributed by atoms with van der Waals surface area (Å²) in [6.07, 6.45) is 0. The van der Waals surface area contributed by atoms with Gasteiger partial charge in [0.25, 0.3) is 5.91 Å². The maximum Gasteiger partial charge on any atom is 0.261 e. The number of nitrogens with zero attached hydrogens (tertiary/aromatic N) is 1. The number of nitrogens with one attached hydrogen (secondary N) is 1. The highest BCUT2D eigenvalue weighted by Gasteiger charge is 2.28. The molecule has 2 aromatic carbocycles. The highest BCUT2D eigenvalue weighted by atomic mass is 35.5. The summed E-state index contributed by atoms with van der Waals surface area (Å²) in [6.45, 7) is 5.29. The first-order valence-electron chi connectivity index (χ1n) is 9.00. The fourth-order valence-electron chi connectivity index (χ4n) is 2.59. The zero-order valence-electron chi connectivity index (χ0n) is 16.1. The van der Waals surface area contributed by atoms with Crippen LogP contribution in [0.1, 0.15) is 26.3 Å². The summed E-state index contributed by atoms with van der Waals surface area (Å²) in [5.41, 5.74) is 0.586. The Morgan fingerprint density at radius 3 is 2.18 bits per heavy atom. The number of carbonyl (C=O) groups is 2. The smallest absolute Gasteiger partial charge is 0.261 e. The molecule has 0 saturated heterocycles. The normalized spacial score (nSPS) is 11.8. The number of para-hydroxylation sites is 1. The molecule has 0 radical (unpaired) electrons. The lowest BCUT2D eigenvalue weighted by Gasteiger charge is -2.30. The number of benzene rings is 2. The first-order chi connectivity index (χ1) is 13.3. The Morgan fingerprint density at radius 1 is 1.00 bits per heavy atom. The van der Waals surface area contributed by atoms with Crippen LogP contribution in [0.25, 0.3) is 0 Å². The van der Waals surface area contributed by atoms with E-state index in [2.05, 4.69) is 5.32 Å². The lowest BCUT2D eigenvalue weighted by Crippen LogP contribution is -2.50. The van der Waals surface area contributed by atoms with Gasteiger partial charge in [-0.1, -0.05) is 47.5 Å². The topological polar surface area (TPSA) is 58.6 Å². The van der Waals surface area contributed by atoms with Crippen LogP contribution >= 0.6 is 23.2 Å². The summed E-state index contributed by atoms with van der Waals surface area (Å²) in [6, 6.07) is 13.4. The summed E-state index contributed by atoms with van der Waals surface area (Å²) in [4.78, 5) is 26.9. The monoisotopic (exact) mass is 422 g/mol. The van der Waals surface area contributed by atoms with Crippen LogP contribution in [0.15, 0.2) is 48.5 Å². The number of amides is 2. The van der Waals surface area contributed by atoms with Crippen LogP contribution in [-0.4, -0.2) is 35.4 Å². The van der Waals surface area contributed by atoms with E-state index in [-0.39, 0.29) is 31.0 Å². The molecule has 1 N–H and O–H groups in total. The van der Waals surface area contributed by atoms with Gasteiger partial charge >= 0.3 is 0 Å². The van der Waals surface area contributed by atoms with E-state index in [4.69, 9.17) is 27.9 Å². The molecule has 0 bridgehead atoms. The van der Waals surface area contributed by atoms with E-state index < -0.39 is 6.04 Å². The van der Waals surface area contributed by atoms with Crippen LogP contribution in [0.4, 0.5) is 0 Å². The summed E-state index contributed by atoms with van der Waals surface area (Å²) in [5.74, 6) is -0.0247. The van der Waals surface area contributed by atoms with Gasteiger partial charge < -0.3 is 15.0 Å². The van der Waals surface area contributed by atoms with Gasteiger partial charge in [-0.25, -0.2) is 0 Å². The Labute approximate surface area is 175 Å². The third-order valence-electron chi connectivity index (χ3n) is 4.09. The molecule has 2 rings (SSSR count). The van der Waals surface area contributed by atoms with Gasteiger partial charge in [0.05, 0.1) is 0 Å². The highest BCUT2D eigenvalue weighted by molar-refractivity contribution is 6.36. The molecule has 150 valence electrons. The molecular formula is C21H24Cl2N2O3. The minimum atomic E-state index is -0.721. The van der Waals surface area contributed by atoms with Crippen molar-refractivity contribution < 1.29 is 14.3 Å². The summed E-state index contributed by atoms with van der Waals surface area (Å²) >= 11 is 12.5. The Morgan fingerprint density at radius 2 is 1.61 bits per heavy atom. The predicted molar refractivity (Wildman–Crippen MR) is 112 cm³/mol. The van der Waals surface area contributed by atoms with Crippen LogP contribution in [0.2, 0.25) is 10.0 Å². The second-order valence-electron chi connectivity index (χ2n) is 6.66. The standard InChI is InChI=1S/C21H24Cl2N2O3/c1-14(2)24-21(27)15(3)25(12-17-18(22)10-7-11-19(17)23)20(26)13-28-16-8-5-4-6-9-16/h4-11,14-15H,12-13H2,1-3H3,(H,24,27)/t15-/m1/s1. The molecule has 0 aliphatic carbocycles. The average molecular weight is 423 g/mol. The van der Waals surface area contributed by atoms with Crippen LogP contribution in [-0.2, 0) is 16.1 Å². The van der Waals surface area contributed by atoms with Gasteiger partial charge in [0, 0.05) is 28.2 Å². The Bertz CT molecular complexity index is 792. The first kappa shape index (κ1) is 22.1. The predicted octanol–water partition coefficient (Wildman–Crippen LogP) is 4.31. The van der Waals surface area contributed by atoms with Gasteiger partial charge in [0.2, 0.25) is 5.91 Å². The molecule has 0 spiro atoms. The van der Waals surface area contributed by atoms with Crippen molar-refractivity contribution in [2.45, 2.75) is 39.4 Å². The van der Waals surface area contributed by atoms with Gasteiger partial charge in [0.1, 0.15) is 11.8 Å². The van der Waals surface area contributed by atoms with Crippen molar-refractivity contribution in [3.05, 3.63) is 64.1 Å². The fraction of sp³-hybridized carbons (Fsp3) is 0.333. The van der Waals surface area contributed by atoms with Gasteiger partial charge in [-0.15, -0.1) is 0 Å². The van der Waals surface area contributed by atoms with Crippen molar-refractivity contribution in [3.8, 4) is 5.75 Å². The molecule has 5 nitrogen and oxygen atoms in total. The number of carbonyl (C=O) groups excluding carboxylic acids is 2. The quantitative estimate of drug-likeness (QED) is 0.688. The summed E-state index contributed by atoms with van der Waals surface area (Å²) in [7, 11) is 0. The van der Waals surface area contributed by atoms with Gasteiger partial charge in [-0.05, 0) is 45.0 Å². The molecular weight excluding hydrogens is 399 g/mol. The van der Waals surface area contributed by atoms with Gasteiger partial charge in [0.15, 0.2) is 6.61 Å². The second-order valence-corrected chi connectivity index (χ2v) is 7.48. The highest BCUT2D eigenvalue weighted by Crippen LogP contribution is 2.26. The van der Waals surface area contributed by atoms with E-state index in [9.17, 15) is 9.59 Å². The van der Waals surface area contributed by atoms with Crippen molar-refractivity contribution >= 4 is 35.0 Å². The number of hydrogen-bond donors (Lipinski definition) is 1. The van der Waals surface area contributed by atoms with E-state index in [0.29, 0.717) is 21.4 Å². The maximum absolute atomic E-state index is 12.9. The number of hydrogen-bond acceptors (Lipinski definition) is 3. The Balaban J connectivity index is 2.21. The first-order valence-corrected chi connectivity index (χ1v) is 9.75. The minimum absolute atomic E-state index is 0.0450.